The van der Waals surface area contributed by atoms with E-state index < -0.39 is 0 Å². The van der Waals surface area contributed by atoms with E-state index in [0.717, 1.165) is 13.0 Å². The minimum atomic E-state index is -0.0353. The summed E-state index contributed by atoms with van der Waals surface area (Å²) >= 11 is 0. The summed E-state index contributed by atoms with van der Waals surface area (Å²) in [6.07, 6.45) is 3.46. The number of rotatable bonds is 5. The van der Waals surface area contributed by atoms with Crippen molar-refractivity contribution < 1.29 is 9.53 Å². The first-order valence-corrected chi connectivity index (χ1v) is 6.45. The Morgan fingerprint density at radius 1 is 1.56 bits per heavy atom. The van der Waals surface area contributed by atoms with Crippen LogP contribution >= 0.6 is 0 Å². The van der Waals surface area contributed by atoms with E-state index in [1.165, 1.54) is 12.8 Å². The van der Waals surface area contributed by atoms with Gasteiger partial charge in [-0.3, -0.25) is 4.79 Å². The van der Waals surface area contributed by atoms with E-state index in [9.17, 15) is 4.79 Å². The highest BCUT2D eigenvalue weighted by molar-refractivity contribution is 5.94. The standard InChI is InChI=1S/C14H20N2O2/c1-18-13-6-2-4-11(10-13)14(17)16-9-7-12-5-3-8-15-12/h2,4,6,10,12,15H,3,5,7-9H2,1H3,(H,16,17)/t12-/m1/s1. The molecule has 0 spiro atoms. The molecule has 98 valence electrons. The quantitative estimate of drug-likeness (QED) is 0.831. The third kappa shape index (κ3) is 3.47. The van der Waals surface area contributed by atoms with Crippen LogP contribution in [0.15, 0.2) is 24.3 Å². The number of ether oxygens (including phenoxy) is 1. The fourth-order valence-corrected chi connectivity index (χ4v) is 2.23. The van der Waals surface area contributed by atoms with E-state index in [1.807, 2.05) is 12.1 Å². The molecule has 1 aliphatic heterocycles. The Kier molecular flexibility index (Phi) is 4.59. The Hall–Kier alpha value is -1.55. The predicted octanol–water partition coefficient (Wildman–Crippen LogP) is 1.57. The van der Waals surface area contributed by atoms with Gasteiger partial charge in [0.25, 0.3) is 5.91 Å². The number of nitrogens with one attached hydrogen (secondary N) is 2. The highest BCUT2D eigenvalue weighted by atomic mass is 16.5. The maximum Gasteiger partial charge on any atom is 0.251 e. The molecule has 1 amide bonds. The van der Waals surface area contributed by atoms with Gasteiger partial charge in [0, 0.05) is 18.2 Å². The molecule has 1 atom stereocenters. The van der Waals surface area contributed by atoms with Crippen molar-refractivity contribution in [3.05, 3.63) is 29.8 Å². The summed E-state index contributed by atoms with van der Waals surface area (Å²) in [6.45, 7) is 1.82. The maximum atomic E-state index is 11.9. The van der Waals surface area contributed by atoms with Gasteiger partial charge in [0.1, 0.15) is 5.75 Å². The second-order valence-electron chi connectivity index (χ2n) is 4.57. The number of carbonyl (C=O) groups is 1. The number of hydrogen-bond donors (Lipinski definition) is 2. The molecule has 0 unspecified atom stereocenters. The third-order valence-corrected chi connectivity index (χ3v) is 3.27. The summed E-state index contributed by atoms with van der Waals surface area (Å²) in [7, 11) is 1.60. The van der Waals surface area contributed by atoms with Gasteiger partial charge in [-0.1, -0.05) is 6.07 Å². The van der Waals surface area contributed by atoms with E-state index >= 15 is 0 Å². The second-order valence-corrected chi connectivity index (χ2v) is 4.57. The molecule has 0 saturated carbocycles. The first kappa shape index (κ1) is 12.9. The largest absolute Gasteiger partial charge is 0.497 e. The van der Waals surface area contributed by atoms with Gasteiger partial charge in [0.05, 0.1) is 7.11 Å². The maximum absolute atomic E-state index is 11.9. The van der Waals surface area contributed by atoms with Gasteiger partial charge in [-0.05, 0) is 44.0 Å². The predicted molar refractivity (Wildman–Crippen MR) is 71.0 cm³/mol. The molecule has 1 heterocycles. The molecule has 2 N–H and O–H groups in total. The van der Waals surface area contributed by atoms with E-state index in [4.69, 9.17) is 4.74 Å². The lowest BCUT2D eigenvalue weighted by molar-refractivity contribution is 0.0952. The lowest BCUT2D eigenvalue weighted by Crippen LogP contribution is -2.30. The van der Waals surface area contributed by atoms with Crippen LogP contribution in [0.25, 0.3) is 0 Å². The monoisotopic (exact) mass is 248 g/mol. The smallest absolute Gasteiger partial charge is 0.251 e. The van der Waals surface area contributed by atoms with Crippen LogP contribution in [0.5, 0.6) is 5.75 Å². The molecule has 1 aromatic carbocycles. The van der Waals surface area contributed by atoms with Crippen molar-refractivity contribution in [3.8, 4) is 5.75 Å². The van der Waals surface area contributed by atoms with Gasteiger partial charge in [0.2, 0.25) is 0 Å². The van der Waals surface area contributed by atoms with Crippen molar-refractivity contribution in [3.63, 3.8) is 0 Å². The minimum Gasteiger partial charge on any atom is -0.497 e. The van der Waals surface area contributed by atoms with Gasteiger partial charge in [0.15, 0.2) is 0 Å². The summed E-state index contributed by atoms with van der Waals surface area (Å²) in [6, 6.07) is 7.77. The molecule has 2 rings (SSSR count). The fraction of sp³-hybridized carbons (Fsp3) is 0.500. The molecule has 18 heavy (non-hydrogen) atoms. The molecule has 1 aliphatic rings. The minimum absolute atomic E-state index is 0.0353. The van der Waals surface area contributed by atoms with Crippen molar-refractivity contribution >= 4 is 5.91 Å². The van der Waals surface area contributed by atoms with E-state index in [-0.39, 0.29) is 5.91 Å². The Bertz CT molecular complexity index is 401. The van der Waals surface area contributed by atoms with E-state index in [0.29, 0.717) is 23.9 Å². The van der Waals surface area contributed by atoms with Crippen LogP contribution in [-0.4, -0.2) is 32.1 Å². The van der Waals surface area contributed by atoms with Crippen molar-refractivity contribution in [2.75, 3.05) is 20.2 Å². The van der Waals surface area contributed by atoms with Gasteiger partial charge in [-0.2, -0.15) is 0 Å². The molecule has 0 radical (unpaired) electrons. The normalized spacial score (nSPS) is 18.6. The summed E-state index contributed by atoms with van der Waals surface area (Å²) in [4.78, 5) is 11.9. The van der Waals surface area contributed by atoms with E-state index in [2.05, 4.69) is 10.6 Å². The molecular formula is C14H20N2O2. The van der Waals surface area contributed by atoms with Crippen LogP contribution in [0.2, 0.25) is 0 Å². The summed E-state index contributed by atoms with van der Waals surface area (Å²) in [5.41, 5.74) is 0.647. The Balaban J connectivity index is 1.79. The zero-order chi connectivity index (χ0) is 12.8. The molecule has 1 fully saturated rings. The highest BCUT2D eigenvalue weighted by Gasteiger charge is 2.14. The number of methoxy groups -OCH3 is 1. The van der Waals surface area contributed by atoms with Crippen molar-refractivity contribution in [2.45, 2.75) is 25.3 Å². The zero-order valence-electron chi connectivity index (χ0n) is 10.7. The molecule has 4 nitrogen and oxygen atoms in total. The highest BCUT2D eigenvalue weighted by Crippen LogP contribution is 2.12. The molecule has 1 aromatic rings. The van der Waals surface area contributed by atoms with Crippen molar-refractivity contribution in [1.82, 2.24) is 10.6 Å². The second kappa shape index (κ2) is 6.40. The van der Waals surface area contributed by atoms with Crippen LogP contribution in [0, 0.1) is 0 Å². The SMILES string of the molecule is COc1cccc(C(=O)NCC[C@H]2CCCN2)c1. The molecule has 0 aromatic heterocycles. The average molecular weight is 248 g/mol. The first-order chi connectivity index (χ1) is 8.79. The Labute approximate surface area is 108 Å². The van der Waals surface area contributed by atoms with Gasteiger partial charge in [-0.25, -0.2) is 0 Å². The number of benzene rings is 1. The first-order valence-electron chi connectivity index (χ1n) is 6.45. The Morgan fingerprint density at radius 2 is 2.44 bits per heavy atom. The zero-order valence-corrected chi connectivity index (χ0v) is 10.7. The van der Waals surface area contributed by atoms with Crippen LogP contribution < -0.4 is 15.4 Å². The Morgan fingerprint density at radius 3 is 3.17 bits per heavy atom. The van der Waals surface area contributed by atoms with Crippen LogP contribution in [0.3, 0.4) is 0 Å². The molecule has 0 aliphatic carbocycles. The van der Waals surface area contributed by atoms with E-state index in [1.54, 1.807) is 19.2 Å². The number of amides is 1. The van der Waals surface area contributed by atoms with Gasteiger partial charge < -0.3 is 15.4 Å². The molecule has 0 bridgehead atoms. The van der Waals surface area contributed by atoms with Crippen LogP contribution in [0.1, 0.15) is 29.6 Å². The lowest BCUT2D eigenvalue weighted by Gasteiger charge is -2.11. The lowest BCUT2D eigenvalue weighted by atomic mass is 10.1. The molecule has 1 saturated heterocycles. The summed E-state index contributed by atoms with van der Waals surface area (Å²) in [5, 5.41) is 6.36. The number of hydrogen-bond acceptors (Lipinski definition) is 3. The van der Waals surface area contributed by atoms with Gasteiger partial charge >= 0.3 is 0 Å². The number of carbonyl (C=O) groups excluding carboxylic acids is 1. The fourth-order valence-electron chi connectivity index (χ4n) is 2.23. The van der Waals surface area contributed by atoms with Crippen molar-refractivity contribution in [2.24, 2.45) is 0 Å². The van der Waals surface area contributed by atoms with Crippen molar-refractivity contribution in [1.29, 1.82) is 0 Å². The molecular weight excluding hydrogens is 228 g/mol. The van der Waals surface area contributed by atoms with Crippen LogP contribution in [-0.2, 0) is 0 Å². The third-order valence-electron chi connectivity index (χ3n) is 3.27. The summed E-state index contributed by atoms with van der Waals surface area (Å²) < 4.78 is 5.10. The topological polar surface area (TPSA) is 50.4 Å². The average Bonchev–Trinajstić information content (AvgIpc) is 2.92. The van der Waals surface area contributed by atoms with Gasteiger partial charge in [-0.15, -0.1) is 0 Å². The van der Waals surface area contributed by atoms with Crippen LogP contribution in [0.4, 0.5) is 0 Å². The summed E-state index contributed by atoms with van der Waals surface area (Å²) in [5.74, 6) is 0.673. The molecule has 4 heteroatoms.